The molecule has 0 bridgehead atoms. The quantitative estimate of drug-likeness (QED) is 0.851. The number of ether oxygens (including phenoxy) is 2. The molecule has 15 heavy (non-hydrogen) atoms. The molecule has 1 aromatic heterocycles. The summed E-state index contributed by atoms with van der Waals surface area (Å²) in [6.07, 6.45) is 4.01. The van der Waals surface area contributed by atoms with E-state index in [1.54, 1.807) is 6.20 Å². The van der Waals surface area contributed by atoms with Crippen molar-refractivity contribution in [2.75, 3.05) is 25.6 Å². The van der Waals surface area contributed by atoms with Crippen molar-refractivity contribution in [2.45, 2.75) is 19.4 Å². The number of rotatable bonds is 4. The zero-order chi connectivity index (χ0) is 10.5. The Morgan fingerprint density at radius 2 is 2.33 bits per heavy atom. The predicted octanol–water partition coefficient (Wildman–Crippen LogP) is 1.67. The smallest absolute Gasteiger partial charge is 0.180 e. The summed E-state index contributed by atoms with van der Waals surface area (Å²) in [6.45, 7) is 3.20. The Morgan fingerprint density at radius 1 is 1.53 bits per heavy atom. The normalized spacial score (nSPS) is 18.1. The Balaban J connectivity index is 1.65. The van der Waals surface area contributed by atoms with Crippen molar-refractivity contribution in [3.8, 4) is 0 Å². The summed E-state index contributed by atoms with van der Waals surface area (Å²) >= 11 is 1.49. The maximum atomic E-state index is 5.63. The predicted molar refractivity (Wildman–Crippen MR) is 59.7 cm³/mol. The van der Waals surface area contributed by atoms with Gasteiger partial charge in [-0.25, -0.2) is 4.98 Å². The van der Waals surface area contributed by atoms with Gasteiger partial charge in [0.2, 0.25) is 0 Å². The number of hydrogen-bond donors (Lipinski definition) is 1. The van der Waals surface area contributed by atoms with Crippen LogP contribution in [-0.2, 0) is 16.1 Å². The van der Waals surface area contributed by atoms with Crippen molar-refractivity contribution in [3.05, 3.63) is 11.1 Å². The molecule has 1 aliphatic heterocycles. The Hall–Kier alpha value is -0.650. The second-order valence-electron chi connectivity index (χ2n) is 3.74. The molecule has 1 aromatic rings. The number of nitrogens with zero attached hydrogens (tertiary/aromatic N) is 1. The largest absolute Gasteiger partial charge is 0.381 e. The molecule has 0 saturated carbocycles. The van der Waals surface area contributed by atoms with Crippen molar-refractivity contribution >= 4 is 16.5 Å². The van der Waals surface area contributed by atoms with Crippen LogP contribution in [0.25, 0.3) is 0 Å². The molecule has 84 valence electrons. The number of aromatic nitrogens is 1. The molecule has 2 N–H and O–H groups in total. The zero-order valence-electron chi connectivity index (χ0n) is 8.65. The van der Waals surface area contributed by atoms with Crippen molar-refractivity contribution in [3.63, 3.8) is 0 Å². The molecule has 2 rings (SSSR count). The van der Waals surface area contributed by atoms with Crippen molar-refractivity contribution in [2.24, 2.45) is 5.92 Å². The maximum absolute atomic E-state index is 5.63. The van der Waals surface area contributed by atoms with Crippen molar-refractivity contribution in [1.82, 2.24) is 4.98 Å². The lowest BCUT2D eigenvalue weighted by Gasteiger charge is -2.21. The standard InChI is InChI=1S/C10H16N2O2S/c11-10-12-5-9(15-10)7-14-6-8-1-3-13-4-2-8/h5,8H,1-4,6-7H2,(H2,11,12). The third-order valence-electron chi connectivity index (χ3n) is 2.51. The first kappa shape index (κ1) is 10.9. The van der Waals surface area contributed by atoms with E-state index in [4.69, 9.17) is 15.2 Å². The van der Waals surface area contributed by atoms with Crippen LogP contribution >= 0.6 is 11.3 Å². The molecular formula is C10H16N2O2S. The van der Waals surface area contributed by atoms with Gasteiger partial charge in [-0.1, -0.05) is 11.3 Å². The van der Waals surface area contributed by atoms with E-state index in [0.29, 0.717) is 17.7 Å². The van der Waals surface area contributed by atoms with Crippen LogP contribution in [0.2, 0.25) is 0 Å². The highest BCUT2D eigenvalue weighted by atomic mass is 32.1. The van der Waals surface area contributed by atoms with Crippen LogP contribution in [0.4, 0.5) is 5.13 Å². The van der Waals surface area contributed by atoms with Crippen LogP contribution < -0.4 is 5.73 Å². The first-order chi connectivity index (χ1) is 7.34. The number of nitrogen functional groups attached to an aromatic ring is 1. The van der Waals surface area contributed by atoms with E-state index in [0.717, 1.165) is 37.5 Å². The van der Waals surface area contributed by atoms with Gasteiger partial charge in [0.1, 0.15) is 0 Å². The molecule has 1 fully saturated rings. The molecular weight excluding hydrogens is 212 g/mol. The molecule has 0 unspecified atom stereocenters. The summed E-state index contributed by atoms with van der Waals surface area (Å²) in [5.41, 5.74) is 5.53. The molecule has 4 nitrogen and oxygen atoms in total. The molecule has 5 heteroatoms. The van der Waals surface area contributed by atoms with Crippen LogP contribution in [0.15, 0.2) is 6.20 Å². The highest BCUT2D eigenvalue weighted by Crippen LogP contribution is 2.18. The van der Waals surface area contributed by atoms with Gasteiger partial charge in [-0.05, 0) is 18.8 Å². The first-order valence-electron chi connectivity index (χ1n) is 5.20. The first-order valence-corrected chi connectivity index (χ1v) is 6.02. The van der Waals surface area contributed by atoms with Crippen LogP contribution in [0, 0.1) is 5.92 Å². The average molecular weight is 228 g/mol. The van der Waals surface area contributed by atoms with Crippen LogP contribution in [0.5, 0.6) is 0 Å². The van der Waals surface area contributed by atoms with Crippen LogP contribution in [-0.4, -0.2) is 24.8 Å². The fourth-order valence-electron chi connectivity index (χ4n) is 1.63. The lowest BCUT2D eigenvalue weighted by Crippen LogP contribution is -2.19. The topological polar surface area (TPSA) is 57.4 Å². The molecule has 0 aromatic carbocycles. The summed E-state index contributed by atoms with van der Waals surface area (Å²) in [5, 5.41) is 0.611. The number of hydrogen-bond acceptors (Lipinski definition) is 5. The van der Waals surface area contributed by atoms with Gasteiger partial charge in [0, 0.05) is 19.4 Å². The van der Waals surface area contributed by atoms with Gasteiger partial charge in [0.05, 0.1) is 18.1 Å². The lowest BCUT2D eigenvalue weighted by molar-refractivity contribution is 0.0163. The van der Waals surface area contributed by atoms with E-state index >= 15 is 0 Å². The third-order valence-corrected chi connectivity index (χ3v) is 3.31. The van der Waals surface area contributed by atoms with E-state index in [1.165, 1.54) is 11.3 Å². The minimum atomic E-state index is 0.611. The second kappa shape index (κ2) is 5.44. The number of thiazole rings is 1. The van der Waals surface area contributed by atoms with Crippen molar-refractivity contribution < 1.29 is 9.47 Å². The van der Waals surface area contributed by atoms with E-state index in [2.05, 4.69) is 4.98 Å². The Bertz CT molecular complexity index is 297. The summed E-state index contributed by atoms with van der Waals surface area (Å²) < 4.78 is 10.9. The van der Waals surface area contributed by atoms with Gasteiger partial charge in [-0.2, -0.15) is 0 Å². The molecule has 0 spiro atoms. The van der Waals surface area contributed by atoms with E-state index < -0.39 is 0 Å². The van der Waals surface area contributed by atoms with Crippen molar-refractivity contribution in [1.29, 1.82) is 0 Å². The van der Waals surface area contributed by atoms with Crippen LogP contribution in [0.3, 0.4) is 0 Å². The van der Waals surface area contributed by atoms with Gasteiger partial charge in [-0.15, -0.1) is 0 Å². The number of anilines is 1. The van der Waals surface area contributed by atoms with Crippen LogP contribution in [0.1, 0.15) is 17.7 Å². The molecule has 0 radical (unpaired) electrons. The molecule has 0 aliphatic carbocycles. The fourth-order valence-corrected chi connectivity index (χ4v) is 2.25. The van der Waals surface area contributed by atoms with Gasteiger partial charge in [0.25, 0.3) is 0 Å². The highest BCUT2D eigenvalue weighted by molar-refractivity contribution is 7.15. The van der Waals surface area contributed by atoms with Gasteiger partial charge in [-0.3, -0.25) is 0 Å². The molecule has 1 aliphatic rings. The highest BCUT2D eigenvalue weighted by Gasteiger charge is 2.13. The summed E-state index contributed by atoms with van der Waals surface area (Å²) in [6, 6.07) is 0. The second-order valence-corrected chi connectivity index (χ2v) is 4.88. The minimum absolute atomic E-state index is 0.611. The average Bonchev–Trinajstić information content (AvgIpc) is 2.66. The zero-order valence-corrected chi connectivity index (χ0v) is 9.46. The van der Waals surface area contributed by atoms with Gasteiger partial charge < -0.3 is 15.2 Å². The minimum Gasteiger partial charge on any atom is -0.381 e. The summed E-state index contributed by atoms with van der Waals surface area (Å²) in [7, 11) is 0. The summed E-state index contributed by atoms with van der Waals surface area (Å²) in [4.78, 5) is 5.08. The lowest BCUT2D eigenvalue weighted by atomic mass is 10.0. The van der Waals surface area contributed by atoms with Gasteiger partial charge >= 0.3 is 0 Å². The molecule has 0 amide bonds. The Labute approximate surface area is 93.4 Å². The SMILES string of the molecule is Nc1ncc(COCC2CCOCC2)s1. The van der Waals surface area contributed by atoms with E-state index in [-0.39, 0.29) is 0 Å². The molecule has 2 heterocycles. The number of nitrogens with two attached hydrogens (primary N) is 1. The monoisotopic (exact) mass is 228 g/mol. The Kier molecular flexibility index (Phi) is 3.94. The third kappa shape index (κ3) is 3.44. The van der Waals surface area contributed by atoms with E-state index in [9.17, 15) is 0 Å². The summed E-state index contributed by atoms with van der Waals surface area (Å²) in [5.74, 6) is 0.656. The maximum Gasteiger partial charge on any atom is 0.180 e. The molecule has 0 atom stereocenters. The molecule has 1 saturated heterocycles. The van der Waals surface area contributed by atoms with E-state index in [1.807, 2.05) is 0 Å². The van der Waals surface area contributed by atoms with Gasteiger partial charge in [0.15, 0.2) is 5.13 Å². The Morgan fingerprint density at radius 3 is 3.00 bits per heavy atom. The fraction of sp³-hybridized carbons (Fsp3) is 0.700.